The fourth-order valence-electron chi connectivity index (χ4n) is 2.27. The van der Waals surface area contributed by atoms with Gasteiger partial charge in [-0.25, -0.2) is 4.98 Å². The second-order valence-corrected chi connectivity index (χ2v) is 6.93. The highest BCUT2D eigenvalue weighted by Gasteiger charge is 2.07. The predicted octanol–water partition coefficient (Wildman–Crippen LogP) is 5.47. The van der Waals surface area contributed by atoms with Crippen molar-refractivity contribution >= 4 is 39.4 Å². The molecule has 0 unspecified atom stereocenters. The summed E-state index contributed by atoms with van der Waals surface area (Å²) in [5, 5.41) is 12.8. The van der Waals surface area contributed by atoms with Gasteiger partial charge in [0.15, 0.2) is 11.5 Å². The largest absolute Gasteiger partial charge is 0.503 e. The van der Waals surface area contributed by atoms with E-state index >= 15 is 0 Å². The summed E-state index contributed by atoms with van der Waals surface area (Å²) in [6.07, 6.45) is 3.87. The number of hydrogen-bond donors (Lipinski definition) is 1. The normalized spacial score (nSPS) is 11.0. The van der Waals surface area contributed by atoms with E-state index in [1.165, 1.54) is 7.11 Å². The zero-order valence-electron chi connectivity index (χ0n) is 13.7. The molecule has 0 saturated carbocycles. The first-order chi connectivity index (χ1) is 12.1. The van der Waals surface area contributed by atoms with Crippen molar-refractivity contribution in [2.45, 2.75) is 0 Å². The number of nitrogens with zero attached hydrogens (tertiary/aromatic N) is 1. The van der Waals surface area contributed by atoms with Gasteiger partial charge < -0.3 is 14.6 Å². The van der Waals surface area contributed by atoms with Gasteiger partial charge in [0.05, 0.1) is 24.4 Å². The van der Waals surface area contributed by atoms with Crippen LogP contribution in [0.3, 0.4) is 0 Å². The number of aromatic nitrogens is 1. The lowest BCUT2D eigenvalue weighted by atomic mass is 10.1. The monoisotopic (exact) mass is 417 g/mol. The second-order valence-electron chi connectivity index (χ2n) is 5.19. The van der Waals surface area contributed by atoms with Crippen LogP contribution in [0.2, 0.25) is 0 Å². The fourth-order valence-corrected chi connectivity index (χ4v) is 3.45. The molecule has 128 valence electrons. The molecule has 0 fully saturated rings. The lowest BCUT2D eigenvalue weighted by Crippen LogP contribution is -1.85. The Balaban J connectivity index is 1.81. The van der Waals surface area contributed by atoms with Gasteiger partial charge in [0.1, 0.15) is 10.8 Å². The number of hydrogen-bond acceptors (Lipinski definition) is 5. The standard InChI is InChI=1S/C19H16BrNO3S/c1-23-14-6-4-13(5-7-14)16-11-25-18(21-16)8-3-12-9-15(20)19(22)17(10-12)24-2/h3-11,22H,1-2H3/b8-3+. The fraction of sp³-hybridized carbons (Fsp3) is 0.105. The van der Waals surface area contributed by atoms with Crippen LogP contribution in [0.25, 0.3) is 23.4 Å². The molecule has 0 atom stereocenters. The summed E-state index contributed by atoms with van der Waals surface area (Å²) in [5.74, 6) is 1.34. The molecule has 4 nitrogen and oxygen atoms in total. The van der Waals surface area contributed by atoms with E-state index in [0.29, 0.717) is 10.2 Å². The molecule has 6 heteroatoms. The van der Waals surface area contributed by atoms with Crippen molar-refractivity contribution in [1.82, 2.24) is 4.98 Å². The zero-order valence-corrected chi connectivity index (χ0v) is 16.1. The van der Waals surface area contributed by atoms with Crippen LogP contribution in [0, 0.1) is 0 Å². The summed E-state index contributed by atoms with van der Waals surface area (Å²) >= 11 is 4.89. The molecule has 1 heterocycles. The van der Waals surface area contributed by atoms with Crippen LogP contribution in [0.5, 0.6) is 17.2 Å². The lowest BCUT2D eigenvalue weighted by Gasteiger charge is -2.06. The van der Waals surface area contributed by atoms with E-state index in [0.717, 1.165) is 27.6 Å². The molecule has 0 bridgehead atoms. The summed E-state index contributed by atoms with van der Waals surface area (Å²) in [6, 6.07) is 11.4. The van der Waals surface area contributed by atoms with Crippen molar-refractivity contribution in [3.05, 3.63) is 56.8 Å². The number of ether oxygens (including phenoxy) is 2. The van der Waals surface area contributed by atoms with E-state index in [9.17, 15) is 5.11 Å². The summed E-state index contributed by atoms with van der Waals surface area (Å²) < 4.78 is 10.9. The van der Waals surface area contributed by atoms with Gasteiger partial charge in [0.25, 0.3) is 0 Å². The number of phenols is 1. The number of thiazole rings is 1. The van der Waals surface area contributed by atoms with E-state index in [1.54, 1.807) is 24.5 Å². The maximum absolute atomic E-state index is 9.86. The predicted molar refractivity (Wildman–Crippen MR) is 105 cm³/mol. The Hall–Kier alpha value is -2.31. The molecule has 0 saturated heterocycles. The first kappa shape index (κ1) is 17.5. The molecular formula is C19H16BrNO3S. The molecular weight excluding hydrogens is 402 g/mol. The zero-order chi connectivity index (χ0) is 17.8. The van der Waals surface area contributed by atoms with Gasteiger partial charge in [0, 0.05) is 10.9 Å². The van der Waals surface area contributed by atoms with Crippen LogP contribution in [-0.4, -0.2) is 24.3 Å². The number of halogens is 1. The Morgan fingerprint density at radius 1 is 1.08 bits per heavy atom. The molecule has 25 heavy (non-hydrogen) atoms. The summed E-state index contributed by atoms with van der Waals surface area (Å²) in [4.78, 5) is 4.63. The van der Waals surface area contributed by atoms with Crippen molar-refractivity contribution in [3.8, 4) is 28.5 Å². The number of benzene rings is 2. The third kappa shape index (κ3) is 4.03. The molecule has 1 aromatic heterocycles. The summed E-state index contributed by atoms with van der Waals surface area (Å²) in [7, 11) is 3.17. The number of methoxy groups -OCH3 is 2. The van der Waals surface area contributed by atoms with Gasteiger partial charge in [0.2, 0.25) is 0 Å². The highest BCUT2D eigenvalue weighted by Crippen LogP contribution is 2.35. The average Bonchev–Trinajstić information content (AvgIpc) is 3.11. The van der Waals surface area contributed by atoms with Crippen LogP contribution in [0.1, 0.15) is 10.6 Å². The van der Waals surface area contributed by atoms with Crippen molar-refractivity contribution < 1.29 is 14.6 Å². The topological polar surface area (TPSA) is 51.6 Å². The third-order valence-electron chi connectivity index (χ3n) is 3.60. The van der Waals surface area contributed by atoms with Gasteiger partial charge in [-0.1, -0.05) is 6.08 Å². The SMILES string of the molecule is COc1ccc(-c2csc(/C=C/c3cc(Br)c(O)c(OC)c3)n2)cc1. The molecule has 0 aliphatic heterocycles. The minimum absolute atomic E-state index is 0.0932. The molecule has 0 amide bonds. The van der Waals surface area contributed by atoms with Gasteiger partial charge in [-0.15, -0.1) is 11.3 Å². The lowest BCUT2D eigenvalue weighted by molar-refractivity contribution is 0.372. The first-order valence-electron chi connectivity index (χ1n) is 7.45. The van der Waals surface area contributed by atoms with Crippen molar-refractivity contribution in [3.63, 3.8) is 0 Å². The average molecular weight is 418 g/mol. The number of phenolic OH excluding ortho intramolecular Hbond substituents is 1. The molecule has 0 spiro atoms. The van der Waals surface area contributed by atoms with E-state index in [2.05, 4.69) is 20.9 Å². The van der Waals surface area contributed by atoms with Crippen molar-refractivity contribution in [2.75, 3.05) is 14.2 Å². The molecule has 0 aliphatic rings. The van der Waals surface area contributed by atoms with E-state index < -0.39 is 0 Å². The van der Waals surface area contributed by atoms with Gasteiger partial charge in [-0.2, -0.15) is 0 Å². The molecule has 1 N–H and O–H groups in total. The van der Waals surface area contributed by atoms with Gasteiger partial charge >= 0.3 is 0 Å². The molecule has 2 aromatic carbocycles. The quantitative estimate of drug-likeness (QED) is 0.598. The van der Waals surface area contributed by atoms with E-state index in [4.69, 9.17) is 9.47 Å². The number of rotatable bonds is 5. The van der Waals surface area contributed by atoms with Gasteiger partial charge in [-0.3, -0.25) is 0 Å². The Morgan fingerprint density at radius 3 is 2.52 bits per heavy atom. The maximum atomic E-state index is 9.86. The Bertz CT molecular complexity index is 904. The highest BCUT2D eigenvalue weighted by molar-refractivity contribution is 9.10. The van der Waals surface area contributed by atoms with E-state index in [-0.39, 0.29) is 5.75 Å². The summed E-state index contributed by atoms with van der Waals surface area (Å²) in [5.41, 5.74) is 2.88. The maximum Gasteiger partial charge on any atom is 0.172 e. The van der Waals surface area contributed by atoms with Crippen LogP contribution < -0.4 is 9.47 Å². The van der Waals surface area contributed by atoms with Crippen LogP contribution in [-0.2, 0) is 0 Å². The van der Waals surface area contributed by atoms with Crippen LogP contribution in [0.15, 0.2) is 46.3 Å². The summed E-state index contributed by atoms with van der Waals surface area (Å²) in [6.45, 7) is 0. The molecule has 0 radical (unpaired) electrons. The van der Waals surface area contributed by atoms with Gasteiger partial charge in [-0.05, 0) is 64.0 Å². The Labute approximate surface area is 158 Å². The van der Waals surface area contributed by atoms with Crippen molar-refractivity contribution in [1.29, 1.82) is 0 Å². The van der Waals surface area contributed by atoms with Crippen LogP contribution in [0.4, 0.5) is 0 Å². The number of aromatic hydroxyl groups is 1. The van der Waals surface area contributed by atoms with Crippen LogP contribution >= 0.6 is 27.3 Å². The minimum atomic E-state index is 0.0932. The Kier molecular flexibility index (Phi) is 5.40. The first-order valence-corrected chi connectivity index (χ1v) is 9.12. The Morgan fingerprint density at radius 2 is 1.84 bits per heavy atom. The third-order valence-corrected chi connectivity index (χ3v) is 5.01. The molecule has 3 rings (SSSR count). The second kappa shape index (κ2) is 7.72. The minimum Gasteiger partial charge on any atom is -0.503 e. The van der Waals surface area contributed by atoms with E-state index in [1.807, 2.05) is 47.9 Å². The smallest absolute Gasteiger partial charge is 0.172 e. The molecule has 0 aliphatic carbocycles. The highest BCUT2D eigenvalue weighted by atomic mass is 79.9. The molecule has 3 aromatic rings. The van der Waals surface area contributed by atoms with Crippen molar-refractivity contribution in [2.24, 2.45) is 0 Å².